The summed E-state index contributed by atoms with van der Waals surface area (Å²) in [6.07, 6.45) is 3.43. The summed E-state index contributed by atoms with van der Waals surface area (Å²) >= 11 is 0. The Balaban J connectivity index is 2.64. The minimum atomic E-state index is -1.05. The van der Waals surface area contributed by atoms with Crippen LogP contribution in [-0.4, -0.2) is 27.7 Å². The van der Waals surface area contributed by atoms with Crippen molar-refractivity contribution in [2.75, 3.05) is 0 Å². The SMILES string of the molecule is C=C(C)[C@H](O)CC[C@@](C)(O)[C@@H]1CCC(C)=CC1=O. The summed E-state index contributed by atoms with van der Waals surface area (Å²) in [4.78, 5) is 11.9. The van der Waals surface area contributed by atoms with Crippen LogP contribution in [0.2, 0.25) is 0 Å². The van der Waals surface area contributed by atoms with E-state index in [2.05, 4.69) is 6.58 Å². The molecule has 0 saturated carbocycles. The first-order valence-corrected chi connectivity index (χ1v) is 6.51. The van der Waals surface area contributed by atoms with Crippen LogP contribution >= 0.6 is 0 Å². The van der Waals surface area contributed by atoms with Crippen molar-refractivity contribution in [1.29, 1.82) is 0 Å². The fourth-order valence-electron chi connectivity index (χ4n) is 2.40. The van der Waals surface area contributed by atoms with Crippen molar-refractivity contribution in [3.05, 3.63) is 23.8 Å². The summed E-state index contributed by atoms with van der Waals surface area (Å²) in [5, 5.41) is 20.1. The second-order valence-electron chi connectivity index (χ2n) is 5.74. The molecule has 0 unspecified atom stereocenters. The van der Waals surface area contributed by atoms with Crippen molar-refractivity contribution in [1.82, 2.24) is 0 Å². The maximum absolute atomic E-state index is 11.9. The number of carbonyl (C=O) groups is 1. The minimum absolute atomic E-state index is 0.00793. The Labute approximate surface area is 109 Å². The minimum Gasteiger partial charge on any atom is -0.389 e. The smallest absolute Gasteiger partial charge is 0.161 e. The van der Waals surface area contributed by atoms with E-state index >= 15 is 0 Å². The van der Waals surface area contributed by atoms with Crippen molar-refractivity contribution in [2.45, 2.75) is 58.2 Å². The van der Waals surface area contributed by atoms with Gasteiger partial charge in [-0.25, -0.2) is 0 Å². The summed E-state index contributed by atoms with van der Waals surface area (Å²) in [5.41, 5.74) is 0.718. The Morgan fingerprint density at radius 1 is 1.67 bits per heavy atom. The third-order valence-corrected chi connectivity index (χ3v) is 3.80. The second kappa shape index (κ2) is 5.81. The zero-order chi connectivity index (χ0) is 13.9. The van der Waals surface area contributed by atoms with Gasteiger partial charge in [0, 0.05) is 0 Å². The van der Waals surface area contributed by atoms with Gasteiger partial charge < -0.3 is 10.2 Å². The van der Waals surface area contributed by atoms with Gasteiger partial charge in [0.25, 0.3) is 0 Å². The molecule has 0 saturated heterocycles. The van der Waals surface area contributed by atoms with Crippen LogP contribution in [0.5, 0.6) is 0 Å². The average Bonchev–Trinajstić information content (AvgIpc) is 2.25. The number of aliphatic hydroxyl groups is 2. The maximum atomic E-state index is 11.9. The summed E-state index contributed by atoms with van der Waals surface area (Å²) in [6.45, 7) is 9.07. The molecule has 0 heterocycles. The van der Waals surface area contributed by atoms with E-state index in [9.17, 15) is 15.0 Å². The second-order valence-corrected chi connectivity index (χ2v) is 5.74. The molecular weight excluding hydrogens is 228 g/mol. The van der Waals surface area contributed by atoms with Crippen molar-refractivity contribution in [3.8, 4) is 0 Å². The van der Waals surface area contributed by atoms with Gasteiger partial charge in [-0.2, -0.15) is 0 Å². The summed E-state index contributed by atoms with van der Waals surface area (Å²) in [7, 11) is 0. The number of allylic oxidation sites excluding steroid dienone is 2. The average molecular weight is 252 g/mol. The molecule has 3 heteroatoms. The van der Waals surface area contributed by atoms with E-state index in [1.54, 1.807) is 19.9 Å². The molecule has 0 aromatic heterocycles. The number of hydrogen-bond donors (Lipinski definition) is 2. The molecule has 0 radical (unpaired) electrons. The number of aliphatic hydroxyl groups excluding tert-OH is 1. The van der Waals surface area contributed by atoms with E-state index in [0.717, 1.165) is 12.0 Å². The van der Waals surface area contributed by atoms with Gasteiger partial charge in [-0.3, -0.25) is 4.79 Å². The predicted molar refractivity (Wildman–Crippen MR) is 72.2 cm³/mol. The molecule has 0 bridgehead atoms. The van der Waals surface area contributed by atoms with E-state index < -0.39 is 11.7 Å². The first-order chi connectivity index (χ1) is 8.24. The molecular formula is C15H24O3. The first kappa shape index (κ1) is 15.1. The number of ketones is 1. The van der Waals surface area contributed by atoms with Crippen LogP contribution in [0.3, 0.4) is 0 Å². The maximum Gasteiger partial charge on any atom is 0.161 e. The lowest BCUT2D eigenvalue weighted by Crippen LogP contribution is -2.41. The lowest BCUT2D eigenvalue weighted by Gasteiger charge is -2.34. The molecule has 1 rings (SSSR count). The van der Waals surface area contributed by atoms with E-state index in [4.69, 9.17) is 0 Å². The van der Waals surface area contributed by atoms with Crippen LogP contribution in [0.15, 0.2) is 23.8 Å². The molecule has 3 nitrogen and oxygen atoms in total. The molecule has 0 aromatic rings. The molecule has 0 spiro atoms. The molecule has 18 heavy (non-hydrogen) atoms. The van der Waals surface area contributed by atoms with Gasteiger partial charge in [-0.05, 0) is 52.5 Å². The highest BCUT2D eigenvalue weighted by molar-refractivity contribution is 5.94. The van der Waals surface area contributed by atoms with Crippen molar-refractivity contribution < 1.29 is 15.0 Å². The van der Waals surface area contributed by atoms with Gasteiger partial charge in [0.05, 0.1) is 17.6 Å². The van der Waals surface area contributed by atoms with E-state index in [1.165, 1.54) is 0 Å². The number of rotatable bonds is 5. The standard InChI is InChI=1S/C15H24O3/c1-10(2)13(16)7-8-15(4,18)12-6-5-11(3)9-14(12)17/h9,12-13,16,18H,1,5-8H2,2-4H3/t12-,13-,15-/m1/s1. The van der Waals surface area contributed by atoms with Crippen molar-refractivity contribution >= 4 is 5.78 Å². The van der Waals surface area contributed by atoms with Gasteiger partial charge in [0.2, 0.25) is 0 Å². The van der Waals surface area contributed by atoms with Gasteiger partial charge in [0.15, 0.2) is 5.78 Å². The first-order valence-electron chi connectivity index (χ1n) is 6.51. The van der Waals surface area contributed by atoms with E-state index in [-0.39, 0.29) is 11.7 Å². The molecule has 1 aliphatic rings. The van der Waals surface area contributed by atoms with Crippen LogP contribution in [0.25, 0.3) is 0 Å². The highest BCUT2D eigenvalue weighted by atomic mass is 16.3. The van der Waals surface area contributed by atoms with Gasteiger partial charge >= 0.3 is 0 Å². The lowest BCUT2D eigenvalue weighted by molar-refractivity contribution is -0.128. The molecule has 0 aromatic carbocycles. The zero-order valence-electron chi connectivity index (χ0n) is 11.6. The third-order valence-electron chi connectivity index (χ3n) is 3.80. The Hall–Kier alpha value is -0.930. The van der Waals surface area contributed by atoms with E-state index in [1.807, 2.05) is 6.92 Å². The molecule has 102 valence electrons. The van der Waals surface area contributed by atoms with Crippen LogP contribution in [0, 0.1) is 5.92 Å². The Morgan fingerprint density at radius 2 is 2.28 bits per heavy atom. The Bertz CT molecular complexity index is 366. The van der Waals surface area contributed by atoms with Crippen LogP contribution < -0.4 is 0 Å². The Kier molecular flexibility index (Phi) is 4.88. The van der Waals surface area contributed by atoms with Crippen molar-refractivity contribution in [2.24, 2.45) is 5.92 Å². The third kappa shape index (κ3) is 3.79. The summed E-state index contributed by atoms with van der Waals surface area (Å²) in [5.74, 6) is -0.341. The monoisotopic (exact) mass is 252 g/mol. The van der Waals surface area contributed by atoms with Crippen LogP contribution in [0.4, 0.5) is 0 Å². The fourth-order valence-corrected chi connectivity index (χ4v) is 2.40. The highest BCUT2D eigenvalue weighted by Crippen LogP contribution is 2.33. The summed E-state index contributed by atoms with van der Waals surface area (Å²) in [6, 6.07) is 0. The molecule has 1 aliphatic carbocycles. The van der Waals surface area contributed by atoms with Gasteiger partial charge in [-0.1, -0.05) is 17.7 Å². The van der Waals surface area contributed by atoms with E-state index in [0.29, 0.717) is 24.8 Å². The number of hydrogen-bond acceptors (Lipinski definition) is 3. The highest BCUT2D eigenvalue weighted by Gasteiger charge is 2.37. The lowest BCUT2D eigenvalue weighted by atomic mass is 9.75. The predicted octanol–water partition coefficient (Wildman–Crippen LogP) is 2.38. The zero-order valence-corrected chi connectivity index (χ0v) is 11.6. The molecule has 0 aliphatic heterocycles. The van der Waals surface area contributed by atoms with Crippen molar-refractivity contribution in [3.63, 3.8) is 0 Å². The van der Waals surface area contributed by atoms with Crippen LogP contribution in [-0.2, 0) is 4.79 Å². The van der Waals surface area contributed by atoms with Gasteiger partial charge in [-0.15, -0.1) is 0 Å². The van der Waals surface area contributed by atoms with Gasteiger partial charge in [0.1, 0.15) is 0 Å². The molecule has 0 amide bonds. The largest absolute Gasteiger partial charge is 0.389 e. The molecule has 0 fully saturated rings. The topological polar surface area (TPSA) is 57.5 Å². The fraction of sp³-hybridized carbons (Fsp3) is 0.667. The quantitative estimate of drug-likeness (QED) is 0.739. The summed E-state index contributed by atoms with van der Waals surface area (Å²) < 4.78 is 0. The van der Waals surface area contributed by atoms with Crippen LogP contribution in [0.1, 0.15) is 46.5 Å². The molecule has 3 atom stereocenters. The normalized spacial score (nSPS) is 25.3. The molecule has 2 N–H and O–H groups in total. The number of carbonyl (C=O) groups excluding carboxylic acids is 1. The Morgan fingerprint density at radius 3 is 2.78 bits per heavy atom.